The second-order valence-electron chi connectivity index (χ2n) is 9.38. The first kappa shape index (κ1) is 25.0. The Balaban J connectivity index is 1.45. The van der Waals surface area contributed by atoms with Crippen molar-refractivity contribution < 1.29 is 18.0 Å². The number of nitrogens with one attached hydrogen (secondary N) is 1. The Labute approximate surface area is 218 Å². The number of carbonyl (C=O) groups is 1. The Bertz CT molecular complexity index is 1530. The number of hydrogen-bond donors (Lipinski definition) is 2. The minimum absolute atomic E-state index is 0.207. The third-order valence-electron chi connectivity index (χ3n) is 6.17. The van der Waals surface area contributed by atoms with Crippen molar-refractivity contribution in [2.24, 2.45) is 5.73 Å². The number of oxazole rings is 1. The minimum atomic E-state index is -0.905. The van der Waals surface area contributed by atoms with E-state index in [0.717, 1.165) is 11.1 Å². The lowest BCUT2D eigenvalue weighted by Crippen LogP contribution is -2.35. The highest BCUT2D eigenvalue weighted by molar-refractivity contribution is 5.96. The molecule has 0 radical (unpaired) electrons. The summed E-state index contributed by atoms with van der Waals surface area (Å²) >= 11 is 0. The molecule has 0 aliphatic rings. The summed E-state index contributed by atoms with van der Waals surface area (Å²) in [6, 6.07) is 20.5. The topological polar surface area (TPSA) is 120 Å². The van der Waals surface area contributed by atoms with Crippen molar-refractivity contribution >= 4 is 5.91 Å². The maximum absolute atomic E-state index is 13.3. The monoisotopic (exact) mass is 511 g/mol. The summed E-state index contributed by atoms with van der Waals surface area (Å²) in [4.78, 5) is 17.5. The molecule has 3 N–H and O–H groups in total. The molecule has 38 heavy (non-hydrogen) atoms. The zero-order valence-corrected chi connectivity index (χ0v) is 20.9. The van der Waals surface area contributed by atoms with Crippen LogP contribution in [0.25, 0.3) is 22.9 Å². The zero-order valence-electron chi connectivity index (χ0n) is 20.9. The fraction of sp³-hybridized carbons (Fsp3) is 0.172. The summed E-state index contributed by atoms with van der Waals surface area (Å²) in [6.07, 6.45) is 3.47. The maximum Gasteiger partial charge on any atom is 0.251 e. The smallest absolute Gasteiger partial charge is 0.251 e. The van der Waals surface area contributed by atoms with E-state index in [1.807, 2.05) is 44.2 Å². The first-order valence-corrected chi connectivity index (χ1v) is 12.1. The summed E-state index contributed by atoms with van der Waals surface area (Å²) in [7, 11) is 0. The highest BCUT2D eigenvalue weighted by atomic mass is 19.1. The number of nitrogens with two attached hydrogens (primary N) is 1. The highest BCUT2D eigenvalue weighted by Gasteiger charge is 2.29. The molecular formula is C29H26FN5O3. The molecule has 5 rings (SSSR count). The average molecular weight is 512 g/mol. The molecule has 9 heteroatoms. The lowest BCUT2D eigenvalue weighted by atomic mass is 9.94. The minimum Gasteiger partial charge on any atom is -0.445 e. The van der Waals surface area contributed by atoms with E-state index in [1.54, 1.807) is 30.3 Å². The van der Waals surface area contributed by atoms with Crippen LogP contribution in [-0.4, -0.2) is 21.1 Å². The molecular weight excluding hydrogens is 485 g/mol. The Hall–Kier alpha value is -4.63. The van der Waals surface area contributed by atoms with Gasteiger partial charge >= 0.3 is 0 Å². The zero-order chi connectivity index (χ0) is 26.7. The number of hydrogen-bond acceptors (Lipinski definition) is 7. The van der Waals surface area contributed by atoms with Gasteiger partial charge in [0.2, 0.25) is 17.7 Å². The van der Waals surface area contributed by atoms with Gasteiger partial charge in [0.1, 0.15) is 12.1 Å². The molecule has 8 nitrogen and oxygen atoms in total. The number of benzene rings is 3. The predicted molar refractivity (Wildman–Crippen MR) is 139 cm³/mol. The van der Waals surface area contributed by atoms with Crippen LogP contribution < -0.4 is 11.1 Å². The Morgan fingerprint density at radius 3 is 2.42 bits per heavy atom. The van der Waals surface area contributed by atoms with E-state index < -0.39 is 5.54 Å². The van der Waals surface area contributed by atoms with Gasteiger partial charge in [-0.3, -0.25) is 4.79 Å². The fourth-order valence-electron chi connectivity index (χ4n) is 4.15. The van der Waals surface area contributed by atoms with Crippen LogP contribution in [0.2, 0.25) is 0 Å². The second-order valence-corrected chi connectivity index (χ2v) is 9.38. The molecule has 0 saturated heterocycles. The lowest BCUT2D eigenvalue weighted by molar-refractivity contribution is 0.0940. The fourth-order valence-corrected chi connectivity index (χ4v) is 4.15. The van der Waals surface area contributed by atoms with Gasteiger partial charge < -0.3 is 19.9 Å². The summed E-state index contributed by atoms with van der Waals surface area (Å²) < 4.78 is 24.8. The predicted octanol–water partition coefficient (Wildman–Crippen LogP) is 5.44. The molecule has 5 aromatic rings. The number of aromatic nitrogens is 3. The Kier molecular flexibility index (Phi) is 6.85. The van der Waals surface area contributed by atoms with Crippen molar-refractivity contribution in [1.29, 1.82) is 0 Å². The van der Waals surface area contributed by atoms with Gasteiger partial charge in [0, 0.05) is 16.7 Å². The van der Waals surface area contributed by atoms with Crippen molar-refractivity contribution in [2.75, 3.05) is 0 Å². The van der Waals surface area contributed by atoms with Crippen LogP contribution in [0.3, 0.4) is 0 Å². The van der Waals surface area contributed by atoms with E-state index in [4.69, 9.17) is 14.6 Å². The SMILES string of the molecule is CC(NC(=O)c1cc(-c2ncco2)cc(-c2nnc([C@](C)(N)Cc3ccccc3)o2)c1)c1ccc(F)cc1. The molecule has 0 bridgehead atoms. The third-order valence-corrected chi connectivity index (χ3v) is 6.17. The first-order valence-electron chi connectivity index (χ1n) is 12.1. The van der Waals surface area contributed by atoms with Crippen LogP contribution >= 0.6 is 0 Å². The number of amides is 1. The molecule has 0 aliphatic heterocycles. The molecule has 3 aromatic carbocycles. The van der Waals surface area contributed by atoms with Crippen LogP contribution in [0.4, 0.5) is 4.39 Å². The molecule has 2 atom stereocenters. The molecule has 0 aliphatic carbocycles. The number of nitrogens with zero attached hydrogens (tertiary/aromatic N) is 3. The van der Waals surface area contributed by atoms with Crippen molar-refractivity contribution in [3.8, 4) is 22.9 Å². The molecule has 0 saturated carbocycles. The van der Waals surface area contributed by atoms with E-state index in [9.17, 15) is 9.18 Å². The van der Waals surface area contributed by atoms with E-state index in [-0.39, 0.29) is 29.5 Å². The van der Waals surface area contributed by atoms with Crippen molar-refractivity contribution in [2.45, 2.75) is 31.8 Å². The van der Waals surface area contributed by atoms with E-state index in [1.165, 1.54) is 24.6 Å². The number of carbonyl (C=O) groups excluding carboxylic acids is 1. The van der Waals surface area contributed by atoms with Gasteiger partial charge in [-0.2, -0.15) is 0 Å². The molecule has 0 fully saturated rings. The summed E-state index contributed by atoms with van der Waals surface area (Å²) in [5.41, 5.74) is 8.87. The largest absolute Gasteiger partial charge is 0.445 e. The summed E-state index contributed by atoms with van der Waals surface area (Å²) in [6.45, 7) is 3.65. The molecule has 2 heterocycles. The molecule has 2 aromatic heterocycles. The van der Waals surface area contributed by atoms with E-state index in [2.05, 4.69) is 20.5 Å². The van der Waals surface area contributed by atoms with Gasteiger partial charge in [-0.05, 0) is 61.7 Å². The highest BCUT2D eigenvalue weighted by Crippen LogP contribution is 2.30. The van der Waals surface area contributed by atoms with Crippen LogP contribution in [0.1, 0.15) is 47.3 Å². The normalized spacial score (nSPS) is 13.6. The van der Waals surface area contributed by atoms with Crippen LogP contribution in [-0.2, 0) is 12.0 Å². The van der Waals surface area contributed by atoms with Crippen LogP contribution in [0.5, 0.6) is 0 Å². The molecule has 1 amide bonds. The van der Waals surface area contributed by atoms with Gasteiger partial charge in [0.05, 0.1) is 17.8 Å². The Morgan fingerprint density at radius 2 is 1.74 bits per heavy atom. The van der Waals surface area contributed by atoms with E-state index in [0.29, 0.717) is 29.0 Å². The summed E-state index contributed by atoms with van der Waals surface area (Å²) in [5.74, 6) is 0.128. The van der Waals surface area contributed by atoms with Crippen molar-refractivity contribution in [1.82, 2.24) is 20.5 Å². The number of halogens is 1. The first-order chi connectivity index (χ1) is 18.3. The maximum atomic E-state index is 13.3. The quantitative estimate of drug-likeness (QED) is 0.285. The van der Waals surface area contributed by atoms with Crippen LogP contribution in [0, 0.1) is 5.82 Å². The number of rotatable bonds is 8. The van der Waals surface area contributed by atoms with Gasteiger partial charge in [0.25, 0.3) is 5.91 Å². The van der Waals surface area contributed by atoms with E-state index >= 15 is 0 Å². The van der Waals surface area contributed by atoms with Crippen molar-refractivity contribution in [3.05, 3.63) is 114 Å². The van der Waals surface area contributed by atoms with Crippen molar-refractivity contribution in [3.63, 3.8) is 0 Å². The standard InChI is InChI=1S/C29H26FN5O3/c1-18(20-8-10-24(30)11-9-20)33-25(36)21-14-22(26-32-12-13-37-26)16-23(15-21)27-34-35-28(38-27)29(2,31)17-19-6-4-3-5-7-19/h3-16,18H,17,31H2,1-2H3,(H,33,36)/t18?,29-/m1/s1. The van der Waals surface area contributed by atoms with Crippen LogP contribution in [0.15, 0.2) is 94.1 Å². The van der Waals surface area contributed by atoms with Gasteiger partial charge in [-0.25, -0.2) is 9.37 Å². The van der Waals surface area contributed by atoms with Gasteiger partial charge in [-0.1, -0.05) is 42.5 Å². The lowest BCUT2D eigenvalue weighted by Gasteiger charge is -2.20. The third kappa shape index (κ3) is 5.52. The average Bonchev–Trinajstić information content (AvgIpc) is 3.63. The molecule has 0 spiro atoms. The second kappa shape index (κ2) is 10.4. The Morgan fingerprint density at radius 1 is 1.03 bits per heavy atom. The molecule has 192 valence electrons. The molecule has 1 unspecified atom stereocenters. The van der Waals surface area contributed by atoms with Gasteiger partial charge in [0.15, 0.2) is 0 Å². The van der Waals surface area contributed by atoms with Gasteiger partial charge in [-0.15, -0.1) is 10.2 Å². The summed E-state index contributed by atoms with van der Waals surface area (Å²) in [5, 5.41) is 11.4.